The molecule has 1 heterocycles. The van der Waals surface area contributed by atoms with Crippen molar-refractivity contribution in [3.8, 4) is 0 Å². The fourth-order valence-electron chi connectivity index (χ4n) is 1.94. The van der Waals surface area contributed by atoms with E-state index in [9.17, 15) is 8.42 Å². The van der Waals surface area contributed by atoms with Gasteiger partial charge in [0.05, 0.1) is 23.5 Å². The molecular weight excluding hydrogens is 286 g/mol. The molecule has 0 amide bonds. The number of rotatable bonds is 4. The number of anilines is 1. The Labute approximate surface area is 118 Å². The summed E-state index contributed by atoms with van der Waals surface area (Å²) < 4.78 is 24.9. The van der Waals surface area contributed by atoms with Crippen LogP contribution in [0.5, 0.6) is 0 Å². The van der Waals surface area contributed by atoms with Gasteiger partial charge in [0.15, 0.2) is 0 Å². The van der Waals surface area contributed by atoms with Gasteiger partial charge < -0.3 is 5.32 Å². The molecule has 0 bridgehead atoms. The van der Waals surface area contributed by atoms with Gasteiger partial charge in [0.25, 0.3) is 0 Å². The minimum Gasteiger partial charge on any atom is -0.372 e. The van der Waals surface area contributed by atoms with Gasteiger partial charge in [-0.15, -0.1) is 0 Å². The molecule has 0 atom stereocenters. The van der Waals surface area contributed by atoms with E-state index in [4.69, 9.17) is 11.6 Å². The summed E-state index contributed by atoms with van der Waals surface area (Å²) in [6.45, 7) is 3.60. The number of hydrogen-bond donors (Lipinski definition) is 2. The molecule has 1 aromatic carbocycles. The number of aliphatic imine (C=N–C) groups is 1. The third-order valence-electron chi connectivity index (χ3n) is 2.82. The first-order valence-electron chi connectivity index (χ1n) is 5.89. The maximum Gasteiger partial charge on any atom is 0.229 e. The van der Waals surface area contributed by atoms with Gasteiger partial charge >= 0.3 is 0 Å². The van der Waals surface area contributed by atoms with Crippen LogP contribution in [0.2, 0.25) is 5.02 Å². The Balaban J connectivity index is 2.26. The number of benzene rings is 1. The molecule has 0 radical (unpaired) electrons. The molecule has 0 unspecified atom stereocenters. The van der Waals surface area contributed by atoms with E-state index < -0.39 is 10.0 Å². The zero-order valence-electron chi connectivity index (χ0n) is 10.8. The zero-order valence-corrected chi connectivity index (χ0v) is 12.4. The fourth-order valence-corrected chi connectivity index (χ4v) is 2.79. The highest BCUT2D eigenvalue weighted by atomic mass is 35.5. The van der Waals surface area contributed by atoms with Crippen LogP contribution in [0.25, 0.3) is 0 Å². The SMILES string of the molecule is Cc1cc(NS(C)(=O)=O)c(Cl)cc1CC1=NCCN1. The molecule has 1 aliphatic heterocycles. The Morgan fingerprint density at radius 2 is 2.21 bits per heavy atom. The summed E-state index contributed by atoms with van der Waals surface area (Å²) in [6.07, 6.45) is 1.79. The van der Waals surface area contributed by atoms with Crippen LogP contribution < -0.4 is 10.0 Å². The summed E-state index contributed by atoms with van der Waals surface area (Å²) >= 11 is 6.11. The first kappa shape index (κ1) is 14.1. The van der Waals surface area contributed by atoms with Crippen molar-refractivity contribution in [1.82, 2.24) is 5.32 Å². The predicted molar refractivity (Wildman–Crippen MR) is 78.7 cm³/mol. The molecule has 1 aliphatic rings. The first-order valence-corrected chi connectivity index (χ1v) is 8.16. The highest BCUT2D eigenvalue weighted by molar-refractivity contribution is 7.92. The lowest BCUT2D eigenvalue weighted by molar-refractivity contribution is 0.607. The average Bonchev–Trinajstić information content (AvgIpc) is 2.76. The third-order valence-corrected chi connectivity index (χ3v) is 3.73. The summed E-state index contributed by atoms with van der Waals surface area (Å²) in [5.74, 6) is 0.947. The Hall–Kier alpha value is -1.27. The van der Waals surface area contributed by atoms with Gasteiger partial charge in [-0.3, -0.25) is 9.71 Å². The highest BCUT2D eigenvalue weighted by Crippen LogP contribution is 2.27. The van der Waals surface area contributed by atoms with Gasteiger partial charge in [0.2, 0.25) is 10.0 Å². The zero-order chi connectivity index (χ0) is 14.0. The van der Waals surface area contributed by atoms with E-state index in [1.165, 1.54) is 0 Å². The van der Waals surface area contributed by atoms with E-state index in [0.717, 1.165) is 36.3 Å². The van der Waals surface area contributed by atoms with Crippen LogP contribution in [-0.4, -0.2) is 33.6 Å². The number of nitrogens with one attached hydrogen (secondary N) is 2. The van der Waals surface area contributed by atoms with Crippen LogP contribution in [0.15, 0.2) is 17.1 Å². The van der Waals surface area contributed by atoms with Crippen LogP contribution >= 0.6 is 11.6 Å². The standard InChI is InChI=1S/C12H16ClN3O2S/c1-8-5-11(16-19(2,17)18)10(13)6-9(8)7-12-14-3-4-15-12/h5-6,16H,3-4,7H2,1-2H3,(H,14,15). The van der Waals surface area contributed by atoms with Crippen LogP contribution in [0.3, 0.4) is 0 Å². The van der Waals surface area contributed by atoms with Crippen molar-refractivity contribution in [3.63, 3.8) is 0 Å². The normalized spacial score (nSPS) is 15.0. The lowest BCUT2D eigenvalue weighted by atomic mass is 10.0. The number of nitrogens with zero attached hydrogens (tertiary/aromatic N) is 1. The monoisotopic (exact) mass is 301 g/mol. The first-order chi connectivity index (χ1) is 8.85. The van der Waals surface area contributed by atoms with Crippen molar-refractivity contribution in [1.29, 1.82) is 0 Å². The number of halogens is 1. The molecule has 104 valence electrons. The molecule has 5 nitrogen and oxygen atoms in total. The molecule has 0 spiro atoms. The number of hydrogen-bond acceptors (Lipinski definition) is 4. The molecule has 0 saturated carbocycles. The van der Waals surface area contributed by atoms with Gasteiger partial charge in [-0.25, -0.2) is 8.42 Å². The maximum absolute atomic E-state index is 11.2. The van der Waals surface area contributed by atoms with E-state index in [0.29, 0.717) is 17.1 Å². The summed E-state index contributed by atoms with van der Waals surface area (Å²) in [5, 5.41) is 3.59. The Morgan fingerprint density at radius 3 is 2.79 bits per heavy atom. The predicted octanol–water partition coefficient (Wildman–Crippen LogP) is 1.56. The Kier molecular flexibility index (Phi) is 4.01. The highest BCUT2D eigenvalue weighted by Gasteiger charge is 2.12. The van der Waals surface area contributed by atoms with Crippen molar-refractivity contribution >= 4 is 33.1 Å². The molecule has 0 aromatic heterocycles. The molecule has 0 fully saturated rings. The Morgan fingerprint density at radius 1 is 1.47 bits per heavy atom. The van der Waals surface area contributed by atoms with Gasteiger partial charge in [0.1, 0.15) is 5.84 Å². The van der Waals surface area contributed by atoms with Crippen molar-refractivity contribution < 1.29 is 8.42 Å². The van der Waals surface area contributed by atoms with Crippen molar-refractivity contribution in [2.45, 2.75) is 13.3 Å². The minimum atomic E-state index is -3.32. The van der Waals surface area contributed by atoms with Crippen LogP contribution in [0.1, 0.15) is 11.1 Å². The van der Waals surface area contributed by atoms with Crippen LogP contribution in [0.4, 0.5) is 5.69 Å². The van der Waals surface area contributed by atoms with Crippen molar-refractivity contribution in [2.75, 3.05) is 24.1 Å². The molecule has 7 heteroatoms. The molecule has 0 saturated heterocycles. The minimum absolute atomic E-state index is 0.393. The molecule has 19 heavy (non-hydrogen) atoms. The number of aryl methyl sites for hydroxylation is 1. The Bertz CT molecular complexity index is 626. The second-order valence-electron chi connectivity index (χ2n) is 4.56. The largest absolute Gasteiger partial charge is 0.372 e. The summed E-state index contributed by atoms with van der Waals surface area (Å²) in [4.78, 5) is 4.33. The topological polar surface area (TPSA) is 70.6 Å². The molecule has 0 aliphatic carbocycles. The van der Waals surface area contributed by atoms with Gasteiger partial charge in [-0.05, 0) is 30.2 Å². The second kappa shape index (κ2) is 5.38. The van der Waals surface area contributed by atoms with E-state index in [2.05, 4.69) is 15.0 Å². The smallest absolute Gasteiger partial charge is 0.229 e. The van der Waals surface area contributed by atoms with Crippen molar-refractivity contribution in [2.24, 2.45) is 4.99 Å². The summed E-state index contributed by atoms with van der Waals surface area (Å²) in [7, 11) is -3.32. The number of amidine groups is 1. The van der Waals surface area contributed by atoms with E-state index >= 15 is 0 Å². The second-order valence-corrected chi connectivity index (χ2v) is 6.72. The lowest BCUT2D eigenvalue weighted by Gasteiger charge is -2.12. The lowest BCUT2D eigenvalue weighted by Crippen LogP contribution is -2.21. The molecule has 2 rings (SSSR count). The third kappa shape index (κ3) is 3.84. The van der Waals surface area contributed by atoms with E-state index in [1.807, 2.05) is 6.92 Å². The van der Waals surface area contributed by atoms with Gasteiger partial charge in [-0.1, -0.05) is 11.6 Å². The molecule has 2 N–H and O–H groups in total. The van der Waals surface area contributed by atoms with Crippen LogP contribution in [0, 0.1) is 6.92 Å². The maximum atomic E-state index is 11.2. The average molecular weight is 302 g/mol. The van der Waals surface area contributed by atoms with Crippen LogP contribution in [-0.2, 0) is 16.4 Å². The van der Waals surface area contributed by atoms with Crippen molar-refractivity contribution in [3.05, 3.63) is 28.3 Å². The van der Waals surface area contributed by atoms with E-state index in [-0.39, 0.29) is 0 Å². The number of sulfonamides is 1. The summed E-state index contributed by atoms with van der Waals surface area (Å²) in [6, 6.07) is 3.53. The fraction of sp³-hybridized carbons (Fsp3) is 0.417. The quantitative estimate of drug-likeness (QED) is 0.887. The van der Waals surface area contributed by atoms with Gasteiger partial charge in [0, 0.05) is 13.0 Å². The molecule has 1 aromatic rings. The summed E-state index contributed by atoms with van der Waals surface area (Å²) in [5.41, 5.74) is 2.43. The van der Waals surface area contributed by atoms with E-state index in [1.54, 1.807) is 12.1 Å². The van der Waals surface area contributed by atoms with Gasteiger partial charge in [-0.2, -0.15) is 0 Å². The molecular formula is C12H16ClN3O2S.